The van der Waals surface area contributed by atoms with Crippen molar-refractivity contribution in [3.63, 3.8) is 0 Å². The van der Waals surface area contributed by atoms with Crippen LogP contribution >= 0.6 is 11.6 Å². The van der Waals surface area contributed by atoms with E-state index in [1.54, 1.807) is 6.07 Å². The van der Waals surface area contributed by atoms with Crippen LogP contribution in [0, 0.1) is 5.82 Å². The average Bonchev–Trinajstić information content (AvgIpc) is 2.88. The molecule has 3 heteroatoms. The van der Waals surface area contributed by atoms with E-state index in [2.05, 4.69) is 18.3 Å². The SMILES string of the molecule is CCCNC(C1=CCCC1)c1cccc(F)c1Cl. The lowest BCUT2D eigenvalue weighted by molar-refractivity contribution is 0.570. The summed E-state index contributed by atoms with van der Waals surface area (Å²) in [5, 5.41) is 3.73. The van der Waals surface area contributed by atoms with Crippen molar-refractivity contribution < 1.29 is 4.39 Å². The highest BCUT2D eigenvalue weighted by atomic mass is 35.5. The van der Waals surface area contributed by atoms with Crippen LogP contribution in [-0.2, 0) is 0 Å². The number of rotatable bonds is 5. The Bertz CT molecular complexity index is 442. The molecule has 0 aromatic heterocycles. The summed E-state index contributed by atoms with van der Waals surface area (Å²) < 4.78 is 13.6. The van der Waals surface area contributed by atoms with Gasteiger partial charge in [0.05, 0.1) is 11.1 Å². The summed E-state index contributed by atoms with van der Waals surface area (Å²) in [6.07, 6.45) is 6.69. The summed E-state index contributed by atoms with van der Waals surface area (Å²) in [5.41, 5.74) is 2.20. The molecule has 98 valence electrons. The highest BCUT2D eigenvalue weighted by molar-refractivity contribution is 6.31. The van der Waals surface area contributed by atoms with Gasteiger partial charge in [-0.25, -0.2) is 4.39 Å². The van der Waals surface area contributed by atoms with Gasteiger partial charge in [0, 0.05) is 0 Å². The van der Waals surface area contributed by atoms with Crippen LogP contribution in [0.5, 0.6) is 0 Å². The second kappa shape index (κ2) is 6.35. The summed E-state index contributed by atoms with van der Waals surface area (Å²) >= 11 is 6.10. The maximum atomic E-state index is 13.6. The van der Waals surface area contributed by atoms with E-state index >= 15 is 0 Å². The molecule has 0 amide bonds. The Balaban J connectivity index is 2.30. The standard InChI is InChI=1S/C15H19ClFN/c1-2-10-18-15(11-6-3-4-7-11)12-8-5-9-13(17)14(12)16/h5-6,8-9,15,18H,2-4,7,10H2,1H3. The lowest BCUT2D eigenvalue weighted by Gasteiger charge is -2.22. The first-order valence-electron chi connectivity index (χ1n) is 6.60. The lowest BCUT2D eigenvalue weighted by atomic mass is 9.97. The van der Waals surface area contributed by atoms with Crippen LogP contribution in [0.25, 0.3) is 0 Å². The molecule has 1 N–H and O–H groups in total. The molecule has 0 saturated heterocycles. The van der Waals surface area contributed by atoms with Crippen molar-refractivity contribution in [3.8, 4) is 0 Å². The second-order valence-corrected chi connectivity index (χ2v) is 5.08. The van der Waals surface area contributed by atoms with E-state index in [9.17, 15) is 4.39 Å². The van der Waals surface area contributed by atoms with Gasteiger partial charge in [0.1, 0.15) is 5.82 Å². The Labute approximate surface area is 113 Å². The quantitative estimate of drug-likeness (QED) is 0.767. The van der Waals surface area contributed by atoms with Gasteiger partial charge >= 0.3 is 0 Å². The van der Waals surface area contributed by atoms with Gasteiger partial charge in [-0.2, -0.15) is 0 Å². The Morgan fingerprint density at radius 1 is 1.44 bits per heavy atom. The van der Waals surface area contributed by atoms with Crippen LogP contribution in [0.1, 0.15) is 44.2 Å². The van der Waals surface area contributed by atoms with E-state index in [4.69, 9.17) is 11.6 Å². The zero-order valence-corrected chi connectivity index (χ0v) is 11.4. The van der Waals surface area contributed by atoms with E-state index in [1.165, 1.54) is 18.1 Å². The van der Waals surface area contributed by atoms with Crippen molar-refractivity contribution >= 4 is 11.6 Å². The molecule has 1 unspecified atom stereocenters. The van der Waals surface area contributed by atoms with E-state index < -0.39 is 0 Å². The van der Waals surface area contributed by atoms with Gasteiger partial charge in [-0.05, 0) is 43.9 Å². The molecule has 0 fully saturated rings. The van der Waals surface area contributed by atoms with Gasteiger partial charge in [0.25, 0.3) is 0 Å². The first-order valence-corrected chi connectivity index (χ1v) is 6.98. The Morgan fingerprint density at radius 2 is 2.28 bits per heavy atom. The van der Waals surface area contributed by atoms with Gasteiger partial charge < -0.3 is 5.32 Å². The minimum Gasteiger partial charge on any atom is -0.306 e. The highest BCUT2D eigenvalue weighted by Crippen LogP contribution is 2.35. The Hall–Kier alpha value is -0.860. The fourth-order valence-corrected chi connectivity index (χ4v) is 2.67. The van der Waals surface area contributed by atoms with Gasteiger partial charge in [0.15, 0.2) is 0 Å². The first kappa shape index (κ1) is 13.6. The van der Waals surface area contributed by atoms with Gasteiger partial charge in [-0.3, -0.25) is 0 Å². The van der Waals surface area contributed by atoms with E-state index in [1.807, 2.05) is 6.07 Å². The minimum atomic E-state index is -0.337. The largest absolute Gasteiger partial charge is 0.306 e. The van der Waals surface area contributed by atoms with Crippen LogP contribution in [-0.4, -0.2) is 6.54 Å². The van der Waals surface area contributed by atoms with Crippen molar-refractivity contribution in [1.29, 1.82) is 0 Å². The average molecular weight is 268 g/mol. The van der Waals surface area contributed by atoms with E-state index in [0.29, 0.717) is 0 Å². The number of allylic oxidation sites excluding steroid dienone is 1. The molecular formula is C15H19ClFN. The number of benzene rings is 1. The Morgan fingerprint density at radius 3 is 2.94 bits per heavy atom. The summed E-state index contributed by atoms with van der Waals surface area (Å²) in [5.74, 6) is -0.337. The van der Waals surface area contributed by atoms with Crippen molar-refractivity contribution in [2.45, 2.75) is 38.6 Å². The van der Waals surface area contributed by atoms with E-state index in [0.717, 1.165) is 31.4 Å². The molecule has 0 bridgehead atoms. The molecule has 1 aliphatic carbocycles. The third-order valence-corrected chi connectivity index (χ3v) is 3.74. The summed E-state index contributed by atoms with van der Waals surface area (Å²) in [6, 6.07) is 5.12. The van der Waals surface area contributed by atoms with Gasteiger partial charge in [-0.1, -0.05) is 42.3 Å². The molecule has 1 aromatic carbocycles. The second-order valence-electron chi connectivity index (χ2n) is 4.70. The lowest BCUT2D eigenvalue weighted by Crippen LogP contribution is -2.24. The molecule has 0 spiro atoms. The maximum Gasteiger partial charge on any atom is 0.142 e. The molecule has 0 heterocycles. The topological polar surface area (TPSA) is 12.0 Å². The van der Waals surface area contributed by atoms with Crippen molar-refractivity contribution in [2.75, 3.05) is 6.54 Å². The van der Waals surface area contributed by atoms with Gasteiger partial charge in [-0.15, -0.1) is 0 Å². The molecular weight excluding hydrogens is 249 g/mol. The Kier molecular flexibility index (Phi) is 4.79. The molecule has 0 aliphatic heterocycles. The normalized spacial score (nSPS) is 16.7. The molecule has 18 heavy (non-hydrogen) atoms. The fourth-order valence-electron chi connectivity index (χ4n) is 2.43. The van der Waals surface area contributed by atoms with Crippen molar-refractivity contribution in [3.05, 3.63) is 46.3 Å². The fraction of sp³-hybridized carbons (Fsp3) is 0.467. The minimum absolute atomic E-state index is 0.0654. The third-order valence-electron chi connectivity index (χ3n) is 3.34. The number of hydrogen-bond acceptors (Lipinski definition) is 1. The molecule has 1 aromatic rings. The highest BCUT2D eigenvalue weighted by Gasteiger charge is 2.21. The zero-order chi connectivity index (χ0) is 13.0. The maximum absolute atomic E-state index is 13.6. The number of hydrogen-bond donors (Lipinski definition) is 1. The van der Waals surface area contributed by atoms with Crippen molar-refractivity contribution in [1.82, 2.24) is 5.32 Å². The summed E-state index contributed by atoms with van der Waals surface area (Å²) in [7, 11) is 0. The third kappa shape index (κ3) is 2.93. The smallest absolute Gasteiger partial charge is 0.142 e. The van der Waals surface area contributed by atoms with Crippen LogP contribution < -0.4 is 5.32 Å². The number of halogens is 2. The molecule has 0 saturated carbocycles. The predicted molar refractivity (Wildman–Crippen MR) is 74.4 cm³/mol. The van der Waals surface area contributed by atoms with Crippen LogP contribution in [0.15, 0.2) is 29.8 Å². The molecule has 1 atom stereocenters. The molecule has 1 aliphatic rings. The summed E-state index contributed by atoms with van der Waals surface area (Å²) in [4.78, 5) is 0. The summed E-state index contributed by atoms with van der Waals surface area (Å²) in [6.45, 7) is 3.04. The van der Waals surface area contributed by atoms with Gasteiger partial charge in [0.2, 0.25) is 0 Å². The van der Waals surface area contributed by atoms with E-state index in [-0.39, 0.29) is 16.9 Å². The zero-order valence-electron chi connectivity index (χ0n) is 10.7. The van der Waals surface area contributed by atoms with Crippen LogP contribution in [0.2, 0.25) is 5.02 Å². The molecule has 1 nitrogen and oxygen atoms in total. The number of nitrogens with one attached hydrogen (secondary N) is 1. The monoisotopic (exact) mass is 267 g/mol. The molecule has 0 radical (unpaired) electrons. The predicted octanol–water partition coefficient (Wildman–Crippen LogP) is 4.63. The first-order chi connectivity index (χ1) is 8.74. The van der Waals surface area contributed by atoms with Crippen LogP contribution in [0.3, 0.4) is 0 Å². The van der Waals surface area contributed by atoms with Crippen LogP contribution in [0.4, 0.5) is 4.39 Å². The van der Waals surface area contributed by atoms with Crippen molar-refractivity contribution in [2.24, 2.45) is 0 Å². The molecule has 2 rings (SSSR count).